The van der Waals surface area contributed by atoms with Gasteiger partial charge in [0.25, 0.3) is 27.6 Å². The number of halogens is 1. The first-order chi connectivity index (χ1) is 16.8. The molecule has 1 atom stereocenters. The van der Waals surface area contributed by atoms with Gasteiger partial charge in [0.1, 0.15) is 11.7 Å². The summed E-state index contributed by atoms with van der Waals surface area (Å²) in [4.78, 5) is 47.7. The average Bonchev–Trinajstić information content (AvgIpc) is 3.25. The first-order valence-electron chi connectivity index (χ1n) is 11.2. The van der Waals surface area contributed by atoms with Gasteiger partial charge in [-0.15, -0.1) is 0 Å². The van der Waals surface area contributed by atoms with Crippen LogP contribution in [0.15, 0.2) is 46.8 Å². The summed E-state index contributed by atoms with van der Waals surface area (Å²) in [6.07, 6.45) is 2.92. The smallest absolute Gasteiger partial charge is 0.298 e. The molecular weight excluding hydrogens is 491 g/mol. The molecule has 1 aromatic heterocycles. The fraction of sp³-hybridized carbons (Fsp3) is 0.435. The molecule has 0 radical (unpaired) electrons. The highest BCUT2D eigenvalue weighted by Crippen LogP contribution is 2.24. The number of imidazole rings is 1. The fourth-order valence-corrected chi connectivity index (χ4v) is 4.57. The third kappa shape index (κ3) is 6.40. The summed E-state index contributed by atoms with van der Waals surface area (Å²) >= 11 is 0. The van der Waals surface area contributed by atoms with Crippen molar-refractivity contribution < 1.29 is 27.2 Å². The van der Waals surface area contributed by atoms with E-state index in [0.717, 1.165) is 0 Å². The van der Waals surface area contributed by atoms with Crippen molar-refractivity contribution in [3.8, 4) is 0 Å². The number of aromatic nitrogens is 2. The SMILES string of the molecule is Cn1cnc(S(=O)(=O)NCCCN2C(=O)C(=O)C(C(=O)NCc3ccc(F)cc3)N=C2C(C)(C)C)c1. The Morgan fingerprint density at radius 3 is 2.42 bits per heavy atom. The number of sulfonamides is 1. The molecule has 11 nitrogen and oxygen atoms in total. The van der Waals surface area contributed by atoms with Crippen LogP contribution in [0.2, 0.25) is 0 Å². The van der Waals surface area contributed by atoms with Crippen molar-refractivity contribution in [3.63, 3.8) is 0 Å². The lowest BCUT2D eigenvalue weighted by Crippen LogP contribution is -2.57. The highest BCUT2D eigenvalue weighted by atomic mass is 32.2. The fourth-order valence-electron chi connectivity index (χ4n) is 3.51. The number of hydrogen-bond donors (Lipinski definition) is 2. The number of ketones is 1. The zero-order chi connectivity index (χ0) is 26.7. The van der Waals surface area contributed by atoms with Crippen molar-refractivity contribution >= 4 is 33.5 Å². The van der Waals surface area contributed by atoms with E-state index in [1.807, 2.05) is 0 Å². The van der Waals surface area contributed by atoms with Crippen molar-refractivity contribution in [1.82, 2.24) is 24.5 Å². The van der Waals surface area contributed by atoms with Crippen LogP contribution < -0.4 is 10.0 Å². The van der Waals surface area contributed by atoms with Crippen LogP contribution in [-0.2, 0) is 38.0 Å². The van der Waals surface area contributed by atoms with E-state index in [2.05, 4.69) is 20.0 Å². The summed E-state index contributed by atoms with van der Waals surface area (Å²) < 4.78 is 41.7. The highest BCUT2D eigenvalue weighted by molar-refractivity contribution is 7.89. The van der Waals surface area contributed by atoms with E-state index < -0.39 is 44.9 Å². The molecule has 1 aliphatic heterocycles. The van der Waals surface area contributed by atoms with Crippen LogP contribution in [0.4, 0.5) is 4.39 Å². The standard InChI is InChI=1S/C23H29FN6O5S/c1-23(2,3)22-28-18(20(32)25-12-15-6-8-16(24)9-7-15)19(31)21(33)30(22)11-5-10-27-36(34,35)17-13-29(4)14-26-17/h6-9,13-14,18,27H,5,10-12H2,1-4H3,(H,25,32). The van der Waals surface area contributed by atoms with Crippen LogP contribution in [-0.4, -0.2) is 65.4 Å². The molecule has 13 heteroatoms. The molecule has 2 N–H and O–H groups in total. The van der Waals surface area contributed by atoms with Crippen molar-refractivity contribution in [2.45, 2.75) is 44.8 Å². The van der Waals surface area contributed by atoms with Crippen LogP contribution in [0.3, 0.4) is 0 Å². The molecule has 194 valence electrons. The number of Topliss-reactive ketones (excluding diaryl/α,β-unsaturated/α-hetero) is 1. The highest BCUT2D eigenvalue weighted by Gasteiger charge is 2.43. The Morgan fingerprint density at radius 2 is 1.83 bits per heavy atom. The van der Waals surface area contributed by atoms with Gasteiger partial charge in [-0.1, -0.05) is 32.9 Å². The second-order valence-electron chi connectivity index (χ2n) is 9.40. The Balaban J connectivity index is 1.68. The third-order valence-corrected chi connectivity index (χ3v) is 6.66. The number of amidine groups is 1. The molecule has 1 unspecified atom stereocenters. The molecule has 2 amide bonds. The molecule has 2 aromatic rings. The van der Waals surface area contributed by atoms with Crippen LogP contribution in [0.5, 0.6) is 0 Å². The molecule has 1 aromatic carbocycles. The van der Waals surface area contributed by atoms with Gasteiger partial charge in [-0.2, -0.15) is 0 Å². The summed E-state index contributed by atoms with van der Waals surface area (Å²) in [5, 5.41) is 2.44. The Labute approximate surface area is 208 Å². The minimum absolute atomic E-state index is 0.00408. The van der Waals surface area contributed by atoms with Crippen molar-refractivity contribution in [3.05, 3.63) is 48.2 Å². The van der Waals surface area contributed by atoms with Gasteiger partial charge in [0, 0.05) is 38.3 Å². The minimum atomic E-state index is -3.82. The number of rotatable bonds is 9. The Kier molecular flexibility index (Phi) is 8.04. The molecule has 1 aliphatic rings. The number of aliphatic imine (C=N–C) groups is 1. The predicted octanol–water partition coefficient (Wildman–Crippen LogP) is 0.769. The zero-order valence-electron chi connectivity index (χ0n) is 20.5. The van der Waals surface area contributed by atoms with E-state index >= 15 is 0 Å². The average molecular weight is 521 g/mol. The van der Waals surface area contributed by atoms with Crippen LogP contribution in [0, 0.1) is 11.2 Å². The minimum Gasteiger partial charge on any atom is -0.350 e. The summed E-state index contributed by atoms with van der Waals surface area (Å²) in [6, 6.07) is 3.96. The second kappa shape index (κ2) is 10.7. The van der Waals surface area contributed by atoms with Gasteiger partial charge in [-0.3, -0.25) is 19.3 Å². The molecule has 0 fully saturated rings. The first-order valence-corrected chi connectivity index (χ1v) is 12.7. The molecule has 0 saturated heterocycles. The van der Waals surface area contributed by atoms with E-state index in [-0.39, 0.29) is 36.9 Å². The summed E-state index contributed by atoms with van der Waals surface area (Å²) in [5.41, 5.74) is -0.0617. The number of carbonyl (C=O) groups is 3. The van der Waals surface area contributed by atoms with Gasteiger partial charge in [0.2, 0.25) is 0 Å². The molecule has 3 rings (SSSR count). The van der Waals surface area contributed by atoms with Crippen LogP contribution >= 0.6 is 0 Å². The van der Waals surface area contributed by atoms with Crippen LogP contribution in [0.25, 0.3) is 0 Å². The maximum Gasteiger partial charge on any atom is 0.298 e. The van der Waals surface area contributed by atoms with Crippen molar-refractivity contribution in [2.75, 3.05) is 13.1 Å². The van der Waals surface area contributed by atoms with E-state index in [1.54, 1.807) is 27.8 Å². The lowest BCUT2D eigenvalue weighted by molar-refractivity contribution is -0.146. The molecule has 36 heavy (non-hydrogen) atoms. The maximum absolute atomic E-state index is 13.1. The van der Waals surface area contributed by atoms with Crippen molar-refractivity contribution in [1.29, 1.82) is 0 Å². The van der Waals surface area contributed by atoms with Crippen molar-refractivity contribution in [2.24, 2.45) is 17.5 Å². The Hall–Kier alpha value is -3.45. The lowest BCUT2D eigenvalue weighted by atomic mass is 9.91. The van der Waals surface area contributed by atoms with Gasteiger partial charge in [0.15, 0.2) is 11.1 Å². The number of hydrogen-bond acceptors (Lipinski definition) is 7. The first kappa shape index (κ1) is 27.1. The quantitative estimate of drug-likeness (QED) is 0.284. The largest absolute Gasteiger partial charge is 0.350 e. The molecule has 0 aliphatic carbocycles. The van der Waals surface area contributed by atoms with E-state index in [0.29, 0.717) is 5.56 Å². The summed E-state index contributed by atoms with van der Waals surface area (Å²) in [6.45, 7) is 5.43. The summed E-state index contributed by atoms with van der Waals surface area (Å²) in [7, 11) is -2.17. The van der Waals surface area contributed by atoms with Crippen LogP contribution in [0.1, 0.15) is 32.8 Å². The molecule has 0 bridgehead atoms. The lowest BCUT2D eigenvalue weighted by Gasteiger charge is -2.36. The molecular formula is C23H29FN6O5S. The number of amides is 2. The third-order valence-electron chi connectivity index (χ3n) is 5.32. The van der Waals surface area contributed by atoms with E-state index in [4.69, 9.17) is 0 Å². The zero-order valence-corrected chi connectivity index (χ0v) is 21.3. The monoisotopic (exact) mass is 520 g/mol. The number of nitrogens with one attached hydrogen (secondary N) is 2. The maximum atomic E-state index is 13.1. The number of aryl methyl sites for hydroxylation is 1. The Bertz CT molecular complexity index is 1280. The van der Waals surface area contributed by atoms with E-state index in [9.17, 15) is 27.2 Å². The summed E-state index contributed by atoms with van der Waals surface area (Å²) in [5.74, 6) is -2.76. The van der Waals surface area contributed by atoms with Gasteiger partial charge in [0.05, 0.1) is 6.33 Å². The second-order valence-corrected chi connectivity index (χ2v) is 11.1. The predicted molar refractivity (Wildman–Crippen MR) is 129 cm³/mol. The Morgan fingerprint density at radius 1 is 1.17 bits per heavy atom. The number of nitrogens with zero attached hydrogens (tertiary/aromatic N) is 4. The molecule has 2 heterocycles. The number of benzene rings is 1. The molecule has 0 saturated carbocycles. The number of carbonyl (C=O) groups excluding carboxylic acids is 3. The van der Waals surface area contributed by atoms with Gasteiger partial charge in [-0.05, 0) is 24.1 Å². The van der Waals surface area contributed by atoms with Gasteiger partial charge < -0.3 is 9.88 Å². The topological polar surface area (TPSA) is 143 Å². The molecule has 0 spiro atoms. The van der Waals surface area contributed by atoms with Gasteiger partial charge >= 0.3 is 0 Å². The normalized spacial score (nSPS) is 16.8. The van der Waals surface area contributed by atoms with Gasteiger partial charge in [-0.25, -0.2) is 27.5 Å². The van der Waals surface area contributed by atoms with E-state index in [1.165, 1.54) is 46.3 Å².